The zero-order valence-corrected chi connectivity index (χ0v) is 16.5. The molecule has 0 N–H and O–H groups in total. The number of ether oxygens (including phenoxy) is 2. The van der Waals surface area contributed by atoms with Crippen molar-refractivity contribution in [2.75, 3.05) is 17.2 Å². The minimum absolute atomic E-state index is 0.483. The molecule has 1 aromatic carbocycles. The molecule has 2 nitrogen and oxygen atoms in total. The molecule has 0 aromatic heterocycles. The lowest BCUT2D eigenvalue weighted by atomic mass is 9.90. The van der Waals surface area contributed by atoms with Gasteiger partial charge in [0.1, 0.15) is 5.76 Å². The van der Waals surface area contributed by atoms with Crippen molar-refractivity contribution in [2.45, 2.75) is 43.8 Å². The Labute approximate surface area is 157 Å². The van der Waals surface area contributed by atoms with E-state index < -0.39 is 0 Å². The van der Waals surface area contributed by atoms with Gasteiger partial charge in [0, 0.05) is 10.8 Å². The van der Waals surface area contributed by atoms with Crippen LogP contribution in [0.3, 0.4) is 0 Å². The zero-order valence-electron chi connectivity index (χ0n) is 13.5. The van der Waals surface area contributed by atoms with E-state index in [-0.39, 0.29) is 0 Å². The van der Waals surface area contributed by atoms with Crippen molar-refractivity contribution in [3.63, 3.8) is 0 Å². The molecule has 3 rings (SSSR count). The highest BCUT2D eigenvalue weighted by molar-refractivity contribution is 14.1. The summed E-state index contributed by atoms with van der Waals surface area (Å²) in [5.74, 6) is 2.60. The molecule has 23 heavy (non-hydrogen) atoms. The second-order valence-electron chi connectivity index (χ2n) is 6.29. The average Bonchev–Trinajstić information content (AvgIpc) is 2.62. The normalized spacial score (nSPS) is 21.6. The molecule has 0 saturated heterocycles. The third kappa shape index (κ3) is 4.89. The number of rotatable bonds is 7. The lowest BCUT2D eigenvalue weighted by Gasteiger charge is -2.27. The summed E-state index contributed by atoms with van der Waals surface area (Å²) in [7, 11) is 0. The van der Waals surface area contributed by atoms with Crippen molar-refractivity contribution in [1.29, 1.82) is 0 Å². The molecule has 0 heterocycles. The first kappa shape index (κ1) is 17.6. The van der Waals surface area contributed by atoms with Crippen LogP contribution >= 0.6 is 34.4 Å². The monoisotopic (exact) mass is 444 g/mol. The van der Waals surface area contributed by atoms with Crippen LogP contribution in [0.2, 0.25) is 0 Å². The molecule has 0 spiro atoms. The Morgan fingerprint density at radius 2 is 1.96 bits per heavy atom. The van der Waals surface area contributed by atoms with Gasteiger partial charge in [-0.25, -0.2) is 0 Å². The number of allylic oxidation sites excluding steroid dienone is 1. The van der Waals surface area contributed by atoms with Crippen LogP contribution in [-0.4, -0.2) is 17.2 Å². The Morgan fingerprint density at radius 1 is 1.13 bits per heavy atom. The zero-order chi connectivity index (χ0) is 15.9. The fourth-order valence-corrected chi connectivity index (χ4v) is 4.95. The van der Waals surface area contributed by atoms with E-state index in [0.29, 0.717) is 5.25 Å². The standard InChI is InChI=1S/C19H25IO2S/c20-13-21-14-23-19-11-10-18(16-8-4-5-9-17(16)19)22-12-15-6-2-1-3-7-15/h4-5,8-10,15,19H,1-3,6-7,11-14H2. The molecule has 1 atom stereocenters. The van der Waals surface area contributed by atoms with Gasteiger partial charge in [-0.3, -0.25) is 0 Å². The molecule has 4 heteroatoms. The summed E-state index contributed by atoms with van der Waals surface area (Å²) in [6.45, 7) is 0.885. The van der Waals surface area contributed by atoms with E-state index >= 15 is 0 Å². The average molecular weight is 444 g/mol. The largest absolute Gasteiger partial charge is 0.493 e. The van der Waals surface area contributed by atoms with Gasteiger partial charge in [-0.1, -0.05) is 66.1 Å². The van der Waals surface area contributed by atoms with Crippen molar-refractivity contribution in [1.82, 2.24) is 0 Å². The number of thioether (sulfide) groups is 1. The Hall–Kier alpha value is -0.200. The first-order valence-electron chi connectivity index (χ1n) is 8.56. The van der Waals surface area contributed by atoms with Gasteiger partial charge in [0.05, 0.1) is 17.2 Å². The van der Waals surface area contributed by atoms with Crippen LogP contribution in [0.15, 0.2) is 30.3 Å². The van der Waals surface area contributed by atoms with Crippen molar-refractivity contribution >= 4 is 40.1 Å². The van der Waals surface area contributed by atoms with Gasteiger partial charge in [0.15, 0.2) is 0 Å². The fourth-order valence-electron chi connectivity index (χ4n) is 3.47. The molecule has 126 valence electrons. The number of hydrogen-bond acceptors (Lipinski definition) is 3. The number of benzene rings is 1. The number of alkyl halides is 1. The minimum Gasteiger partial charge on any atom is -0.493 e. The Bertz CT molecular complexity index is 526. The predicted octanol–water partition coefficient (Wildman–Crippen LogP) is 6.17. The Morgan fingerprint density at radius 3 is 2.78 bits per heavy atom. The summed E-state index contributed by atoms with van der Waals surface area (Å²) >= 11 is 4.14. The smallest absolute Gasteiger partial charge is 0.122 e. The molecule has 1 aromatic rings. The van der Waals surface area contributed by atoms with Crippen LogP contribution in [-0.2, 0) is 9.47 Å². The van der Waals surface area contributed by atoms with Gasteiger partial charge in [-0.2, -0.15) is 0 Å². The van der Waals surface area contributed by atoms with Gasteiger partial charge in [-0.15, -0.1) is 11.8 Å². The highest BCUT2D eigenvalue weighted by Crippen LogP contribution is 2.41. The number of halogens is 1. The molecule has 1 saturated carbocycles. The van der Waals surface area contributed by atoms with E-state index in [2.05, 4.69) is 52.9 Å². The molecule has 0 bridgehead atoms. The lowest BCUT2D eigenvalue weighted by molar-refractivity contribution is 0.182. The van der Waals surface area contributed by atoms with E-state index in [0.717, 1.165) is 35.3 Å². The second kappa shape index (κ2) is 9.33. The molecule has 0 aliphatic heterocycles. The third-order valence-electron chi connectivity index (χ3n) is 4.72. The molecule has 0 amide bonds. The Kier molecular flexibility index (Phi) is 7.14. The maximum absolute atomic E-state index is 6.24. The van der Waals surface area contributed by atoms with E-state index in [1.165, 1.54) is 43.2 Å². The second-order valence-corrected chi connectivity index (χ2v) is 8.05. The van der Waals surface area contributed by atoms with Crippen LogP contribution in [0.1, 0.15) is 54.9 Å². The van der Waals surface area contributed by atoms with Gasteiger partial charge in [0.2, 0.25) is 0 Å². The summed E-state index contributed by atoms with van der Waals surface area (Å²) in [4.78, 5) is 0. The first-order chi connectivity index (χ1) is 11.4. The molecule has 1 unspecified atom stereocenters. The highest BCUT2D eigenvalue weighted by Gasteiger charge is 2.23. The van der Waals surface area contributed by atoms with Gasteiger partial charge < -0.3 is 9.47 Å². The topological polar surface area (TPSA) is 18.5 Å². The van der Waals surface area contributed by atoms with Crippen molar-refractivity contribution in [3.8, 4) is 0 Å². The summed E-state index contributed by atoms with van der Waals surface area (Å²) in [6.07, 6.45) is 10.1. The highest BCUT2D eigenvalue weighted by atomic mass is 127. The van der Waals surface area contributed by atoms with Crippen LogP contribution in [0.5, 0.6) is 0 Å². The molecule has 1 fully saturated rings. The van der Waals surface area contributed by atoms with Crippen LogP contribution < -0.4 is 0 Å². The van der Waals surface area contributed by atoms with Crippen LogP contribution in [0, 0.1) is 5.92 Å². The maximum Gasteiger partial charge on any atom is 0.122 e. The van der Waals surface area contributed by atoms with Gasteiger partial charge in [-0.05, 0) is 36.8 Å². The summed E-state index contributed by atoms with van der Waals surface area (Å²) in [5, 5.41) is 0.483. The van der Waals surface area contributed by atoms with E-state index in [1.54, 1.807) is 0 Å². The number of fused-ring (bicyclic) bond motifs is 1. The van der Waals surface area contributed by atoms with Crippen LogP contribution in [0.25, 0.3) is 5.76 Å². The van der Waals surface area contributed by atoms with E-state index in [1.807, 2.05) is 11.8 Å². The van der Waals surface area contributed by atoms with Crippen molar-refractivity contribution in [2.24, 2.45) is 5.92 Å². The van der Waals surface area contributed by atoms with Crippen molar-refractivity contribution < 1.29 is 9.47 Å². The molecular weight excluding hydrogens is 419 g/mol. The first-order valence-corrected chi connectivity index (χ1v) is 11.1. The summed E-state index contributed by atoms with van der Waals surface area (Å²) in [5.41, 5.74) is 2.68. The fraction of sp³-hybridized carbons (Fsp3) is 0.579. The number of hydrogen-bond donors (Lipinski definition) is 0. The van der Waals surface area contributed by atoms with E-state index in [9.17, 15) is 0 Å². The Balaban J connectivity index is 1.63. The summed E-state index contributed by atoms with van der Waals surface area (Å²) < 4.78 is 12.5. The molecule has 2 aliphatic carbocycles. The maximum atomic E-state index is 6.24. The lowest BCUT2D eigenvalue weighted by Crippen LogP contribution is -2.14. The van der Waals surface area contributed by atoms with Crippen LogP contribution in [0.4, 0.5) is 0 Å². The predicted molar refractivity (Wildman–Crippen MR) is 107 cm³/mol. The van der Waals surface area contributed by atoms with E-state index in [4.69, 9.17) is 9.47 Å². The minimum atomic E-state index is 0.483. The SMILES string of the molecule is ICOCSC1CC=C(OCC2CCCCC2)c2ccccc21. The third-order valence-corrected chi connectivity index (χ3v) is 6.31. The molecule has 0 radical (unpaired) electrons. The van der Waals surface area contributed by atoms with Crippen molar-refractivity contribution in [3.05, 3.63) is 41.5 Å². The molecule has 2 aliphatic rings. The van der Waals surface area contributed by atoms with Gasteiger partial charge >= 0.3 is 0 Å². The molecular formula is C19H25IO2S. The summed E-state index contributed by atoms with van der Waals surface area (Å²) in [6, 6.07) is 8.70. The quantitative estimate of drug-likeness (QED) is 0.217. The van der Waals surface area contributed by atoms with Gasteiger partial charge in [0.25, 0.3) is 0 Å².